The summed E-state index contributed by atoms with van der Waals surface area (Å²) in [5.74, 6) is 6.18. The average molecular weight is 131 g/mol. The molecule has 0 aliphatic rings. The second-order valence-electron chi connectivity index (χ2n) is 1.62. The minimum atomic E-state index is -0.192. The van der Waals surface area contributed by atoms with Crippen molar-refractivity contribution in [3.8, 4) is 17.9 Å². The first-order valence-corrected chi connectivity index (χ1v) is 2.53. The van der Waals surface area contributed by atoms with Crippen molar-refractivity contribution in [2.24, 2.45) is 0 Å². The fourth-order valence-corrected chi connectivity index (χ4v) is 0.245. The molecule has 0 aromatic heterocycles. The van der Waals surface area contributed by atoms with Gasteiger partial charge in [-0.2, -0.15) is 5.26 Å². The molecule has 0 unspecified atom stereocenters. The lowest BCUT2D eigenvalue weighted by Crippen LogP contribution is -1.72. The lowest BCUT2D eigenvalue weighted by molar-refractivity contribution is 0.568. The lowest BCUT2D eigenvalue weighted by Gasteiger charge is -1.74. The lowest BCUT2D eigenvalue weighted by atomic mass is 10.3. The van der Waals surface area contributed by atoms with E-state index in [0.29, 0.717) is 5.57 Å². The molecule has 2 heteroatoms. The second-order valence-corrected chi connectivity index (χ2v) is 1.62. The highest BCUT2D eigenvalue weighted by Crippen LogP contribution is 1.84. The molecule has 0 spiro atoms. The zero-order chi connectivity index (χ0) is 7.98. The Morgan fingerprint density at radius 3 is 2.40 bits per heavy atom. The molecular weight excluding hydrogens is 126 g/mol. The van der Waals surface area contributed by atoms with Crippen molar-refractivity contribution in [1.82, 2.24) is 0 Å². The van der Waals surface area contributed by atoms with E-state index in [1.165, 1.54) is 5.94 Å². The maximum absolute atomic E-state index is 9.83. The Labute approximate surface area is 59.5 Å². The van der Waals surface area contributed by atoms with Crippen molar-refractivity contribution in [3.63, 3.8) is 0 Å². The Bertz CT molecular complexity index is 289. The maximum atomic E-state index is 9.83. The first kappa shape index (κ1) is 8.24. The van der Waals surface area contributed by atoms with Crippen molar-refractivity contribution < 1.29 is 4.79 Å². The third kappa shape index (κ3) is 3.27. The molecule has 0 atom stereocenters. The summed E-state index contributed by atoms with van der Waals surface area (Å²) in [6, 6.07) is 1.59. The van der Waals surface area contributed by atoms with Crippen LogP contribution in [0.1, 0.15) is 6.92 Å². The van der Waals surface area contributed by atoms with Crippen molar-refractivity contribution in [1.29, 1.82) is 5.26 Å². The van der Waals surface area contributed by atoms with E-state index in [9.17, 15) is 4.79 Å². The number of carbonyl (C=O) groups excluding carboxylic acids is 1. The van der Waals surface area contributed by atoms with Gasteiger partial charge in [-0.05, 0) is 18.4 Å². The molecular formula is C8H5NO. The number of allylic oxidation sites excluding steroid dienone is 2. The van der Waals surface area contributed by atoms with Crippen LogP contribution in [0.3, 0.4) is 0 Å². The van der Waals surface area contributed by atoms with Gasteiger partial charge < -0.3 is 0 Å². The van der Waals surface area contributed by atoms with Crippen LogP contribution in [0.15, 0.2) is 17.7 Å². The van der Waals surface area contributed by atoms with Crippen LogP contribution < -0.4 is 0 Å². The molecule has 0 saturated heterocycles. The largest absolute Gasteiger partial charge is 0.231 e. The zero-order valence-electron chi connectivity index (χ0n) is 5.56. The number of nitrogens with zero attached hydrogens (tertiary/aromatic N) is 1. The molecule has 0 rings (SSSR count). The summed E-state index contributed by atoms with van der Waals surface area (Å²) in [6.45, 7) is 5.16. The summed E-state index contributed by atoms with van der Waals surface area (Å²) >= 11 is 0. The molecule has 48 valence electrons. The van der Waals surface area contributed by atoms with Crippen molar-refractivity contribution >= 4 is 5.94 Å². The van der Waals surface area contributed by atoms with Gasteiger partial charge in [-0.1, -0.05) is 12.5 Å². The van der Waals surface area contributed by atoms with Crippen molar-refractivity contribution in [2.45, 2.75) is 6.92 Å². The van der Waals surface area contributed by atoms with Gasteiger partial charge in [-0.15, -0.1) is 0 Å². The van der Waals surface area contributed by atoms with Crippen LogP contribution in [0.5, 0.6) is 0 Å². The van der Waals surface area contributed by atoms with Crippen LogP contribution in [0, 0.1) is 23.2 Å². The molecule has 0 amide bonds. The number of nitriles is 1. The molecule has 0 N–H and O–H groups in total. The van der Waals surface area contributed by atoms with E-state index in [1.54, 1.807) is 13.0 Å². The topological polar surface area (TPSA) is 40.9 Å². The quantitative estimate of drug-likeness (QED) is 0.278. The highest BCUT2D eigenvalue weighted by molar-refractivity contribution is 5.67. The molecule has 0 heterocycles. The van der Waals surface area contributed by atoms with Gasteiger partial charge in [0.2, 0.25) is 0 Å². The van der Waals surface area contributed by atoms with Crippen LogP contribution >= 0.6 is 0 Å². The normalized spacial score (nSPS) is 6.00. The molecule has 0 bridgehead atoms. The molecule has 10 heavy (non-hydrogen) atoms. The molecule has 0 radical (unpaired) electrons. The Morgan fingerprint density at radius 1 is 1.50 bits per heavy atom. The van der Waals surface area contributed by atoms with Gasteiger partial charge >= 0.3 is 0 Å². The summed E-state index contributed by atoms with van der Waals surface area (Å²) in [5.41, 5.74) is 0.422. The van der Waals surface area contributed by atoms with E-state index in [4.69, 9.17) is 5.26 Å². The fourth-order valence-electron chi connectivity index (χ4n) is 0.245. The Balaban J connectivity index is 4.50. The van der Waals surface area contributed by atoms with Gasteiger partial charge in [0.25, 0.3) is 0 Å². The molecule has 0 aromatic carbocycles. The zero-order valence-corrected chi connectivity index (χ0v) is 5.56. The van der Waals surface area contributed by atoms with Crippen LogP contribution in [-0.2, 0) is 4.79 Å². The van der Waals surface area contributed by atoms with Crippen LogP contribution in [-0.4, -0.2) is 5.94 Å². The van der Waals surface area contributed by atoms with Crippen LogP contribution in [0.25, 0.3) is 0 Å². The van der Waals surface area contributed by atoms with Crippen molar-refractivity contribution in [3.05, 3.63) is 17.7 Å². The summed E-state index contributed by atoms with van der Waals surface area (Å²) in [7, 11) is 0. The van der Waals surface area contributed by atoms with E-state index < -0.39 is 0 Å². The first-order valence-electron chi connectivity index (χ1n) is 2.53. The van der Waals surface area contributed by atoms with Gasteiger partial charge in [-0.25, -0.2) is 4.79 Å². The van der Waals surface area contributed by atoms with E-state index in [0.717, 1.165) is 0 Å². The van der Waals surface area contributed by atoms with E-state index in [1.807, 2.05) is 0 Å². The predicted octanol–water partition coefficient (Wildman–Crippen LogP) is 0.847. The van der Waals surface area contributed by atoms with Gasteiger partial charge in [0.1, 0.15) is 6.07 Å². The second kappa shape index (κ2) is 4.15. The number of rotatable bonds is 0. The fraction of sp³-hybridized carbons (Fsp3) is 0.125. The Hall–Kier alpha value is -1.76. The molecule has 0 aliphatic heterocycles. The Kier molecular flexibility index (Phi) is 3.42. The summed E-state index contributed by atoms with van der Waals surface area (Å²) in [5, 5.41) is 8.16. The minimum absolute atomic E-state index is 0.192. The predicted molar refractivity (Wildman–Crippen MR) is 37.4 cm³/mol. The SMILES string of the molecule is C=C(C)C#CC(=C=O)C#N. The summed E-state index contributed by atoms with van der Waals surface area (Å²) in [6.07, 6.45) is 0. The molecule has 0 saturated carbocycles. The van der Waals surface area contributed by atoms with Gasteiger partial charge in [0.15, 0.2) is 11.5 Å². The highest BCUT2D eigenvalue weighted by atomic mass is 16.1. The first-order chi connectivity index (χ1) is 4.70. The average Bonchev–Trinajstić information content (AvgIpc) is 1.90. The van der Waals surface area contributed by atoms with Crippen LogP contribution in [0.2, 0.25) is 0 Å². The standard InChI is InChI=1S/C8H5NO/c1-7(2)3-4-8(5-9)6-10/h1H2,2H3. The van der Waals surface area contributed by atoms with E-state index >= 15 is 0 Å². The van der Waals surface area contributed by atoms with E-state index in [2.05, 4.69) is 18.4 Å². The smallest absolute Gasteiger partial charge is 0.186 e. The van der Waals surface area contributed by atoms with Gasteiger partial charge in [-0.3, -0.25) is 0 Å². The van der Waals surface area contributed by atoms with Crippen LogP contribution in [0.4, 0.5) is 0 Å². The Morgan fingerprint density at radius 2 is 2.10 bits per heavy atom. The van der Waals surface area contributed by atoms with E-state index in [-0.39, 0.29) is 5.57 Å². The number of hydrogen-bond donors (Lipinski definition) is 0. The third-order valence-electron chi connectivity index (χ3n) is 0.615. The molecule has 0 fully saturated rings. The monoisotopic (exact) mass is 131 g/mol. The summed E-state index contributed by atoms with van der Waals surface area (Å²) in [4.78, 5) is 9.83. The number of hydrogen-bond acceptors (Lipinski definition) is 2. The molecule has 0 aliphatic carbocycles. The van der Waals surface area contributed by atoms with Gasteiger partial charge in [0.05, 0.1) is 0 Å². The highest BCUT2D eigenvalue weighted by Gasteiger charge is 1.84. The third-order valence-corrected chi connectivity index (χ3v) is 0.615. The maximum Gasteiger partial charge on any atom is 0.186 e. The summed E-state index contributed by atoms with van der Waals surface area (Å²) < 4.78 is 0. The van der Waals surface area contributed by atoms with Gasteiger partial charge in [0, 0.05) is 0 Å². The minimum Gasteiger partial charge on any atom is -0.231 e. The molecule has 0 aromatic rings. The van der Waals surface area contributed by atoms with Crippen molar-refractivity contribution in [2.75, 3.05) is 0 Å². The molecule has 2 nitrogen and oxygen atoms in total.